The molecule has 18 heavy (non-hydrogen) atoms. The molecule has 2 rings (SSSR count). The third-order valence-electron chi connectivity index (χ3n) is 2.60. The number of nitrogens with two attached hydrogens (primary N) is 1. The van der Waals surface area contributed by atoms with E-state index in [1.165, 1.54) is 0 Å². The van der Waals surface area contributed by atoms with Crippen LogP contribution in [0.2, 0.25) is 0 Å². The number of nitrogen functional groups attached to an aromatic ring is 1. The molecule has 0 fully saturated rings. The first-order valence-electron chi connectivity index (χ1n) is 5.36. The number of hydrogen-bond acceptors (Lipinski definition) is 3. The molecule has 0 unspecified atom stereocenters. The van der Waals surface area contributed by atoms with E-state index in [2.05, 4.69) is 15.9 Å². The number of hydrogen-bond donors (Lipinski definition) is 1. The van der Waals surface area contributed by atoms with Crippen molar-refractivity contribution in [1.29, 1.82) is 0 Å². The monoisotopic (exact) mass is 305 g/mol. The van der Waals surface area contributed by atoms with Crippen LogP contribution in [0.1, 0.15) is 15.9 Å². The summed E-state index contributed by atoms with van der Waals surface area (Å²) in [7, 11) is 1.55. The molecule has 2 aromatic carbocycles. The predicted molar refractivity (Wildman–Crippen MR) is 75.0 cm³/mol. The van der Waals surface area contributed by atoms with Gasteiger partial charge in [-0.15, -0.1) is 0 Å². The Balaban J connectivity index is 2.46. The van der Waals surface area contributed by atoms with Gasteiger partial charge in [-0.05, 0) is 22.0 Å². The van der Waals surface area contributed by atoms with E-state index in [1.54, 1.807) is 31.4 Å². The maximum atomic E-state index is 12.3. The highest BCUT2D eigenvalue weighted by Crippen LogP contribution is 2.31. The standard InChI is InChI=1S/C14H12BrNO2/c1-18-13-8-12(16)10(7-11(13)15)14(17)9-5-3-2-4-6-9/h2-8H,16H2,1H3. The number of carbonyl (C=O) groups excluding carboxylic acids is 1. The molecule has 4 heteroatoms. The van der Waals surface area contributed by atoms with Crippen molar-refractivity contribution in [2.24, 2.45) is 0 Å². The molecular weight excluding hydrogens is 294 g/mol. The highest BCUT2D eigenvalue weighted by Gasteiger charge is 2.14. The minimum absolute atomic E-state index is 0.101. The molecule has 0 aliphatic carbocycles. The lowest BCUT2D eigenvalue weighted by molar-refractivity contribution is 0.103. The lowest BCUT2D eigenvalue weighted by Gasteiger charge is -2.09. The number of benzene rings is 2. The number of ketones is 1. The molecule has 0 aliphatic heterocycles. The van der Waals surface area contributed by atoms with Gasteiger partial charge in [0.15, 0.2) is 5.78 Å². The Morgan fingerprint density at radius 1 is 1.22 bits per heavy atom. The van der Waals surface area contributed by atoms with E-state index >= 15 is 0 Å². The van der Waals surface area contributed by atoms with Crippen molar-refractivity contribution in [3.63, 3.8) is 0 Å². The topological polar surface area (TPSA) is 52.3 Å². The number of methoxy groups -OCH3 is 1. The fraction of sp³-hybridized carbons (Fsp3) is 0.0714. The molecule has 2 aromatic rings. The summed E-state index contributed by atoms with van der Waals surface area (Å²) < 4.78 is 5.83. The number of anilines is 1. The number of halogens is 1. The van der Waals surface area contributed by atoms with Gasteiger partial charge in [0.2, 0.25) is 0 Å². The molecule has 0 aliphatic rings. The molecule has 0 amide bonds. The van der Waals surface area contributed by atoms with Gasteiger partial charge in [-0.25, -0.2) is 0 Å². The molecule has 0 saturated heterocycles. The first-order valence-corrected chi connectivity index (χ1v) is 6.15. The van der Waals surface area contributed by atoms with E-state index in [-0.39, 0.29) is 5.78 Å². The van der Waals surface area contributed by atoms with Crippen LogP contribution in [0.4, 0.5) is 5.69 Å². The van der Waals surface area contributed by atoms with Crippen LogP contribution in [0.15, 0.2) is 46.9 Å². The molecule has 0 radical (unpaired) electrons. The van der Waals surface area contributed by atoms with E-state index in [4.69, 9.17) is 10.5 Å². The highest BCUT2D eigenvalue weighted by molar-refractivity contribution is 9.10. The van der Waals surface area contributed by atoms with Crippen molar-refractivity contribution in [1.82, 2.24) is 0 Å². The van der Waals surface area contributed by atoms with Crippen molar-refractivity contribution < 1.29 is 9.53 Å². The van der Waals surface area contributed by atoms with Crippen LogP contribution in [-0.4, -0.2) is 12.9 Å². The molecule has 3 nitrogen and oxygen atoms in total. The number of ether oxygens (including phenoxy) is 1. The third-order valence-corrected chi connectivity index (χ3v) is 3.22. The van der Waals surface area contributed by atoms with Crippen molar-refractivity contribution in [2.45, 2.75) is 0 Å². The van der Waals surface area contributed by atoms with Gasteiger partial charge >= 0.3 is 0 Å². The molecular formula is C14H12BrNO2. The van der Waals surface area contributed by atoms with Gasteiger partial charge in [0.25, 0.3) is 0 Å². The largest absolute Gasteiger partial charge is 0.495 e. The Morgan fingerprint density at radius 3 is 2.50 bits per heavy atom. The second-order valence-electron chi connectivity index (χ2n) is 3.77. The zero-order valence-corrected chi connectivity index (χ0v) is 11.4. The van der Waals surface area contributed by atoms with Crippen molar-refractivity contribution >= 4 is 27.4 Å². The smallest absolute Gasteiger partial charge is 0.195 e. The van der Waals surface area contributed by atoms with Crippen LogP contribution in [0, 0.1) is 0 Å². The van der Waals surface area contributed by atoms with Crippen molar-refractivity contribution in [3.05, 3.63) is 58.1 Å². The Labute approximate surface area is 114 Å². The highest BCUT2D eigenvalue weighted by atomic mass is 79.9. The lowest BCUT2D eigenvalue weighted by Crippen LogP contribution is -2.06. The minimum atomic E-state index is -0.101. The van der Waals surface area contributed by atoms with Gasteiger partial charge in [-0.1, -0.05) is 30.3 Å². The zero-order chi connectivity index (χ0) is 13.1. The van der Waals surface area contributed by atoms with Crippen LogP contribution < -0.4 is 10.5 Å². The number of rotatable bonds is 3. The Kier molecular flexibility index (Phi) is 3.67. The Hall–Kier alpha value is -1.81. The molecule has 0 spiro atoms. The van der Waals surface area contributed by atoms with Crippen LogP contribution in [-0.2, 0) is 0 Å². The molecule has 0 atom stereocenters. The maximum absolute atomic E-state index is 12.3. The van der Waals surface area contributed by atoms with Gasteiger partial charge in [0.05, 0.1) is 11.6 Å². The molecule has 92 valence electrons. The summed E-state index contributed by atoms with van der Waals surface area (Å²) in [5, 5.41) is 0. The summed E-state index contributed by atoms with van der Waals surface area (Å²) in [4.78, 5) is 12.3. The second-order valence-corrected chi connectivity index (χ2v) is 4.62. The Bertz CT molecular complexity index is 582. The molecule has 0 bridgehead atoms. The van der Waals surface area contributed by atoms with Gasteiger partial charge in [-0.2, -0.15) is 0 Å². The second kappa shape index (κ2) is 5.23. The summed E-state index contributed by atoms with van der Waals surface area (Å²) >= 11 is 3.35. The van der Waals surface area contributed by atoms with Gasteiger partial charge in [0, 0.05) is 22.9 Å². The van der Waals surface area contributed by atoms with E-state index in [0.29, 0.717) is 27.0 Å². The van der Waals surface area contributed by atoms with Crippen LogP contribution in [0.3, 0.4) is 0 Å². The molecule has 0 aromatic heterocycles. The summed E-state index contributed by atoms with van der Waals surface area (Å²) in [6, 6.07) is 12.4. The fourth-order valence-electron chi connectivity index (χ4n) is 1.67. The van der Waals surface area contributed by atoms with Crippen molar-refractivity contribution in [2.75, 3.05) is 12.8 Å². The van der Waals surface area contributed by atoms with Gasteiger partial charge in [0.1, 0.15) is 5.75 Å². The average Bonchev–Trinajstić information content (AvgIpc) is 2.41. The Morgan fingerprint density at radius 2 is 1.89 bits per heavy atom. The van der Waals surface area contributed by atoms with E-state index < -0.39 is 0 Å². The van der Waals surface area contributed by atoms with Gasteiger partial charge in [-0.3, -0.25) is 4.79 Å². The summed E-state index contributed by atoms with van der Waals surface area (Å²) in [6.45, 7) is 0. The third kappa shape index (κ3) is 2.38. The minimum Gasteiger partial charge on any atom is -0.495 e. The summed E-state index contributed by atoms with van der Waals surface area (Å²) in [5.74, 6) is 0.508. The normalized spacial score (nSPS) is 10.1. The first kappa shape index (κ1) is 12.6. The summed E-state index contributed by atoms with van der Waals surface area (Å²) in [5.41, 5.74) is 7.37. The first-order chi connectivity index (χ1) is 8.63. The SMILES string of the molecule is COc1cc(N)c(C(=O)c2ccccc2)cc1Br. The average molecular weight is 306 g/mol. The predicted octanol–water partition coefficient (Wildman–Crippen LogP) is 3.27. The quantitative estimate of drug-likeness (QED) is 0.699. The molecule has 0 heterocycles. The van der Waals surface area contributed by atoms with Crippen LogP contribution in [0.5, 0.6) is 5.75 Å². The van der Waals surface area contributed by atoms with Crippen LogP contribution >= 0.6 is 15.9 Å². The zero-order valence-electron chi connectivity index (χ0n) is 9.81. The fourth-order valence-corrected chi connectivity index (χ4v) is 2.17. The maximum Gasteiger partial charge on any atom is 0.195 e. The number of carbonyl (C=O) groups is 1. The summed E-state index contributed by atoms with van der Waals surface area (Å²) in [6.07, 6.45) is 0. The molecule has 0 saturated carbocycles. The lowest BCUT2D eigenvalue weighted by atomic mass is 10.0. The van der Waals surface area contributed by atoms with E-state index in [9.17, 15) is 4.79 Å². The molecule has 2 N–H and O–H groups in total. The van der Waals surface area contributed by atoms with E-state index in [0.717, 1.165) is 0 Å². The van der Waals surface area contributed by atoms with Crippen molar-refractivity contribution in [3.8, 4) is 5.75 Å². The van der Waals surface area contributed by atoms with E-state index in [1.807, 2.05) is 18.2 Å². The van der Waals surface area contributed by atoms with Crippen LogP contribution in [0.25, 0.3) is 0 Å². The van der Waals surface area contributed by atoms with Gasteiger partial charge < -0.3 is 10.5 Å².